The zero-order chi connectivity index (χ0) is 20.8. The van der Waals surface area contributed by atoms with Crippen molar-refractivity contribution in [2.45, 2.75) is 45.9 Å². The number of aryl methyl sites for hydroxylation is 3. The highest BCUT2D eigenvalue weighted by atomic mass is 32.2. The van der Waals surface area contributed by atoms with Crippen LogP contribution in [-0.4, -0.2) is 47.6 Å². The minimum atomic E-state index is 0.729. The Morgan fingerprint density at radius 1 is 1.21 bits per heavy atom. The van der Waals surface area contributed by atoms with Gasteiger partial charge >= 0.3 is 0 Å². The van der Waals surface area contributed by atoms with Gasteiger partial charge in [-0.15, -0.1) is 0 Å². The largest absolute Gasteiger partial charge is 0.466 e. The number of aromatic nitrogens is 2. The van der Waals surface area contributed by atoms with E-state index in [1.807, 2.05) is 51.1 Å². The molecule has 2 aromatic heterocycles. The molecular formula is C20H35N5OS2. The van der Waals surface area contributed by atoms with Crippen LogP contribution in [0.5, 0.6) is 0 Å². The fraction of sp³-hybridized carbons (Fsp3) is 0.600. The lowest BCUT2D eigenvalue weighted by Gasteiger charge is -2.12. The molecule has 0 unspecified atom stereocenters. The number of imidazole rings is 1. The normalized spacial score (nSPS) is 10.3. The first-order valence-electron chi connectivity index (χ1n) is 9.76. The Bertz CT molecular complexity index is 684. The van der Waals surface area contributed by atoms with Crippen LogP contribution in [0.4, 0.5) is 0 Å². The third-order valence-corrected chi connectivity index (χ3v) is 5.14. The number of thioether (sulfide) groups is 1. The zero-order valence-corrected chi connectivity index (χ0v) is 19.4. The molecule has 0 aliphatic carbocycles. The third-order valence-electron chi connectivity index (χ3n) is 3.87. The SMILES string of the molecule is CCc1ncc(C)n1CCCNC(=S)NCCSCc1ccc(C)o1.CNC. The van der Waals surface area contributed by atoms with E-state index in [1.54, 1.807) is 0 Å². The molecule has 2 aromatic rings. The molecule has 8 heteroatoms. The summed E-state index contributed by atoms with van der Waals surface area (Å²) in [4.78, 5) is 4.42. The van der Waals surface area contributed by atoms with Gasteiger partial charge in [0.25, 0.3) is 0 Å². The van der Waals surface area contributed by atoms with Crippen molar-refractivity contribution in [2.75, 3.05) is 32.9 Å². The maximum absolute atomic E-state index is 5.55. The second-order valence-corrected chi connectivity index (χ2v) is 7.94. The number of nitrogens with zero attached hydrogens (tertiary/aromatic N) is 2. The van der Waals surface area contributed by atoms with Crippen molar-refractivity contribution >= 4 is 29.1 Å². The molecule has 0 saturated heterocycles. The number of hydrogen-bond acceptors (Lipinski definition) is 5. The van der Waals surface area contributed by atoms with Gasteiger partial charge in [-0.25, -0.2) is 4.98 Å². The van der Waals surface area contributed by atoms with E-state index >= 15 is 0 Å². The fourth-order valence-electron chi connectivity index (χ4n) is 2.57. The minimum absolute atomic E-state index is 0.729. The van der Waals surface area contributed by atoms with Crippen molar-refractivity contribution in [1.29, 1.82) is 0 Å². The maximum Gasteiger partial charge on any atom is 0.166 e. The van der Waals surface area contributed by atoms with Gasteiger partial charge in [0.2, 0.25) is 0 Å². The summed E-state index contributed by atoms with van der Waals surface area (Å²) in [5.41, 5.74) is 1.22. The predicted molar refractivity (Wildman–Crippen MR) is 124 cm³/mol. The first-order chi connectivity index (χ1) is 13.5. The number of furan rings is 1. The van der Waals surface area contributed by atoms with Gasteiger partial charge in [0, 0.05) is 43.7 Å². The third kappa shape index (κ3) is 9.61. The molecule has 0 aliphatic rings. The van der Waals surface area contributed by atoms with Gasteiger partial charge in [0.15, 0.2) is 5.11 Å². The lowest BCUT2D eigenvalue weighted by Crippen LogP contribution is -2.37. The van der Waals surface area contributed by atoms with Crippen LogP contribution in [0.2, 0.25) is 0 Å². The summed E-state index contributed by atoms with van der Waals surface area (Å²) in [6.45, 7) is 8.91. The van der Waals surface area contributed by atoms with Gasteiger partial charge in [-0.05, 0) is 58.7 Å². The molecule has 158 valence electrons. The van der Waals surface area contributed by atoms with E-state index in [-0.39, 0.29) is 0 Å². The van der Waals surface area contributed by atoms with Crippen molar-refractivity contribution in [3.8, 4) is 0 Å². The molecule has 6 nitrogen and oxygen atoms in total. The van der Waals surface area contributed by atoms with Crippen molar-refractivity contribution in [3.63, 3.8) is 0 Å². The Labute approximate surface area is 179 Å². The van der Waals surface area contributed by atoms with E-state index in [9.17, 15) is 0 Å². The number of nitrogens with one attached hydrogen (secondary N) is 3. The molecule has 0 atom stereocenters. The second kappa shape index (κ2) is 14.5. The van der Waals surface area contributed by atoms with Crippen LogP contribution in [0, 0.1) is 13.8 Å². The van der Waals surface area contributed by atoms with Crippen molar-refractivity contribution < 1.29 is 4.42 Å². The van der Waals surface area contributed by atoms with Gasteiger partial charge < -0.3 is 24.9 Å². The number of thiocarbonyl (C=S) groups is 1. The minimum Gasteiger partial charge on any atom is -0.466 e. The Kier molecular flexibility index (Phi) is 12.7. The summed E-state index contributed by atoms with van der Waals surface area (Å²) < 4.78 is 7.83. The molecule has 0 aliphatic heterocycles. The summed E-state index contributed by atoms with van der Waals surface area (Å²) in [5, 5.41) is 10.0. The molecule has 3 N–H and O–H groups in total. The van der Waals surface area contributed by atoms with Crippen LogP contribution in [0.25, 0.3) is 0 Å². The van der Waals surface area contributed by atoms with Gasteiger partial charge in [0.05, 0.1) is 5.75 Å². The first-order valence-corrected chi connectivity index (χ1v) is 11.3. The Morgan fingerprint density at radius 3 is 2.57 bits per heavy atom. The van der Waals surface area contributed by atoms with Crippen LogP contribution in [0.3, 0.4) is 0 Å². The summed E-state index contributed by atoms with van der Waals surface area (Å²) in [7, 11) is 3.75. The monoisotopic (exact) mass is 425 g/mol. The summed E-state index contributed by atoms with van der Waals surface area (Å²) >= 11 is 7.16. The molecule has 0 spiro atoms. The van der Waals surface area contributed by atoms with E-state index < -0.39 is 0 Å². The van der Waals surface area contributed by atoms with Crippen molar-refractivity contribution in [2.24, 2.45) is 0 Å². The second-order valence-electron chi connectivity index (χ2n) is 6.42. The average Bonchev–Trinajstić information content (AvgIpc) is 3.24. The number of rotatable bonds is 10. The summed E-state index contributed by atoms with van der Waals surface area (Å²) in [5.74, 6) is 5.05. The molecule has 2 rings (SSSR count). The van der Waals surface area contributed by atoms with Crippen LogP contribution >= 0.6 is 24.0 Å². The van der Waals surface area contributed by atoms with E-state index in [1.165, 1.54) is 5.69 Å². The van der Waals surface area contributed by atoms with E-state index in [0.29, 0.717) is 0 Å². The van der Waals surface area contributed by atoms with Gasteiger partial charge in [-0.3, -0.25) is 0 Å². The molecule has 0 bridgehead atoms. The highest BCUT2D eigenvalue weighted by Gasteiger charge is 2.04. The molecule has 0 saturated carbocycles. The smallest absolute Gasteiger partial charge is 0.166 e. The van der Waals surface area contributed by atoms with Gasteiger partial charge in [-0.2, -0.15) is 11.8 Å². The highest BCUT2D eigenvalue weighted by Crippen LogP contribution is 2.14. The maximum atomic E-state index is 5.55. The summed E-state index contributed by atoms with van der Waals surface area (Å²) in [6, 6.07) is 4.04. The van der Waals surface area contributed by atoms with E-state index in [4.69, 9.17) is 16.6 Å². The molecule has 0 fully saturated rings. The van der Waals surface area contributed by atoms with E-state index in [0.717, 1.165) is 66.4 Å². The Hall–Kier alpha value is -1.51. The standard InChI is InChI=1S/C18H28N4OS2.C2H7N/c1-4-17-21-12-14(2)22(17)10-5-8-19-18(24)20-9-11-25-13-16-7-6-15(3)23-16;1-3-2/h6-7,12H,4-5,8-11,13H2,1-3H3,(H2,19,20,24);3H,1-2H3. The topological polar surface area (TPSA) is 67.0 Å². The lowest BCUT2D eigenvalue weighted by molar-refractivity contribution is 0.501. The van der Waals surface area contributed by atoms with Crippen LogP contribution in [0.15, 0.2) is 22.7 Å². The quantitative estimate of drug-likeness (QED) is 0.399. The van der Waals surface area contributed by atoms with E-state index in [2.05, 4.69) is 39.3 Å². The Morgan fingerprint density at radius 2 is 1.93 bits per heavy atom. The molecule has 0 radical (unpaired) electrons. The van der Waals surface area contributed by atoms with Crippen LogP contribution in [-0.2, 0) is 18.7 Å². The van der Waals surface area contributed by atoms with Crippen LogP contribution in [0.1, 0.15) is 36.4 Å². The number of hydrogen-bond donors (Lipinski definition) is 3. The lowest BCUT2D eigenvalue weighted by atomic mass is 10.3. The molecule has 2 heterocycles. The Balaban J connectivity index is 0.00000122. The van der Waals surface area contributed by atoms with Crippen LogP contribution < -0.4 is 16.0 Å². The predicted octanol–water partition coefficient (Wildman–Crippen LogP) is 3.28. The van der Waals surface area contributed by atoms with Gasteiger partial charge in [-0.1, -0.05) is 6.92 Å². The molecule has 28 heavy (non-hydrogen) atoms. The first kappa shape index (κ1) is 24.5. The zero-order valence-electron chi connectivity index (χ0n) is 17.8. The molecular weight excluding hydrogens is 390 g/mol. The fourth-order valence-corrected chi connectivity index (χ4v) is 3.52. The van der Waals surface area contributed by atoms with Crippen molar-refractivity contribution in [1.82, 2.24) is 25.5 Å². The summed E-state index contributed by atoms with van der Waals surface area (Å²) in [6.07, 6.45) is 3.94. The highest BCUT2D eigenvalue weighted by molar-refractivity contribution is 7.98. The van der Waals surface area contributed by atoms with Crippen molar-refractivity contribution in [3.05, 3.63) is 41.4 Å². The molecule has 0 aromatic carbocycles. The van der Waals surface area contributed by atoms with Gasteiger partial charge in [0.1, 0.15) is 17.3 Å². The molecule has 0 amide bonds. The average molecular weight is 426 g/mol.